The Kier molecular flexibility index (Phi) is 3.63. The van der Waals surface area contributed by atoms with Crippen molar-refractivity contribution in [2.24, 2.45) is 0 Å². The number of halogens is 1. The van der Waals surface area contributed by atoms with Crippen LogP contribution in [0.4, 0.5) is 0 Å². The molecule has 70 valence electrons. The van der Waals surface area contributed by atoms with E-state index in [0.29, 0.717) is 17.2 Å². The first kappa shape index (κ1) is 10.4. The molecule has 0 aliphatic heterocycles. The first-order valence-corrected chi connectivity index (χ1v) is 4.63. The fourth-order valence-electron chi connectivity index (χ4n) is 0.878. The van der Waals surface area contributed by atoms with E-state index < -0.39 is 5.97 Å². The van der Waals surface area contributed by atoms with Crippen molar-refractivity contribution in [1.82, 2.24) is 0 Å². The molecule has 0 spiro atoms. The van der Waals surface area contributed by atoms with Gasteiger partial charge >= 0.3 is 5.97 Å². The van der Waals surface area contributed by atoms with Crippen LogP contribution in [0.3, 0.4) is 0 Å². The number of benzene rings is 1. The normalized spacial score (nSPS) is 9.77. The molecule has 0 unspecified atom stereocenters. The Morgan fingerprint density at radius 1 is 1.62 bits per heavy atom. The molecular formula is C9H9ClO2S. The smallest absolute Gasteiger partial charge is 0.339 e. The van der Waals surface area contributed by atoms with E-state index in [0.717, 1.165) is 4.90 Å². The largest absolute Gasteiger partial charge is 0.462 e. The lowest BCUT2D eigenvalue weighted by Gasteiger charge is -2.03. The monoisotopic (exact) mass is 216 g/mol. The van der Waals surface area contributed by atoms with Crippen LogP contribution >= 0.6 is 24.2 Å². The zero-order valence-corrected chi connectivity index (χ0v) is 8.73. The fourth-order valence-corrected chi connectivity index (χ4v) is 1.42. The second-order valence-electron chi connectivity index (χ2n) is 2.38. The average molecular weight is 217 g/mol. The molecule has 0 heterocycles. The topological polar surface area (TPSA) is 26.3 Å². The summed E-state index contributed by atoms with van der Waals surface area (Å²) in [6.45, 7) is 2.09. The molecule has 0 aliphatic carbocycles. The summed E-state index contributed by atoms with van der Waals surface area (Å²) < 4.78 is 4.80. The lowest BCUT2D eigenvalue weighted by atomic mass is 10.2. The van der Waals surface area contributed by atoms with Crippen LogP contribution in [0.5, 0.6) is 0 Å². The fraction of sp³-hybridized carbons (Fsp3) is 0.222. The van der Waals surface area contributed by atoms with Crippen molar-refractivity contribution in [3.05, 3.63) is 28.8 Å². The van der Waals surface area contributed by atoms with E-state index >= 15 is 0 Å². The van der Waals surface area contributed by atoms with Crippen LogP contribution in [-0.4, -0.2) is 12.6 Å². The summed E-state index contributed by atoms with van der Waals surface area (Å²) in [7, 11) is 0. The molecule has 0 fully saturated rings. The maximum absolute atomic E-state index is 11.2. The number of hydrogen-bond donors (Lipinski definition) is 1. The molecule has 1 aromatic carbocycles. The molecule has 0 radical (unpaired) electrons. The maximum Gasteiger partial charge on any atom is 0.339 e. The Labute approximate surface area is 87.3 Å². The molecule has 0 saturated carbocycles. The van der Waals surface area contributed by atoms with Crippen molar-refractivity contribution < 1.29 is 9.53 Å². The first-order chi connectivity index (χ1) is 6.15. The van der Waals surface area contributed by atoms with E-state index in [4.69, 9.17) is 16.3 Å². The SMILES string of the molecule is CCOC(=O)c1ccc(S)cc1Cl. The Morgan fingerprint density at radius 3 is 2.85 bits per heavy atom. The van der Waals surface area contributed by atoms with Crippen molar-refractivity contribution in [2.75, 3.05) is 6.61 Å². The summed E-state index contributed by atoms with van der Waals surface area (Å²) in [5, 5.41) is 0.367. The second kappa shape index (κ2) is 4.53. The molecule has 0 saturated heterocycles. The lowest BCUT2D eigenvalue weighted by molar-refractivity contribution is 0.0526. The molecule has 0 N–H and O–H groups in total. The molecular weight excluding hydrogens is 208 g/mol. The number of ether oxygens (including phenoxy) is 1. The molecule has 2 nitrogen and oxygen atoms in total. The van der Waals surface area contributed by atoms with Gasteiger partial charge in [-0.15, -0.1) is 12.6 Å². The standard InChI is InChI=1S/C9H9ClO2S/c1-2-12-9(11)7-4-3-6(13)5-8(7)10/h3-5,13H,2H2,1H3. The van der Waals surface area contributed by atoms with Crippen molar-refractivity contribution in [3.8, 4) is 0 Å². The molecule has 0 bridgehead atoms. The van der Waals surface area contributed by atoms with Crippen molar-refractivity contribution in [2.45, 2.75) is 11.8 Å². The predicted octanol–water partition coefficient (Wildman–Crippen LogP) is 2.81. The third-order valence-corrected chi connectivity index (χ3v) is 2.04. The minimum atomic E-state index is -0.402. The highest BCUT2D eigenvalue weighted by Gasteiger charge is 2.10. The van der Waals surface area contributed by atoms with Crippen LogP contribution in [-0.2, 0) is 4.74 Å². The van der Waals surface area contributed by atoms with E-state index in [9.17, 15) is 4.79 Å². The van der Waals surface area contributed by atoms with Crippen LogP contribution in [0.15, 0.2) is 23.1 Å². The average Bonchev–Trinajstić information content (AvgIpc) is 2.04. The van der Waals surface area contributed by atoms with E-state index in [1.54, 1.807) is 25.1 Å². The highest BCUT2D eigenvalue weighted by atomic mass is 35.5. The summed E-state index contributed by atoms with van der Waals surface area (Å²) in [4.78, 5) is 12.0. The highest BCUT2D eigenvalue weighted by Crippen LogP contribution is 2.20. The van der Waals surface area contributed by atoms with Crippen molar-refractivity contribution in [1.29, 1.82) is 0 Å². The number of esters is 1. The zero-order valence-electron chi connectivity index (χ0n) is 7.08. The number of hydrogen-bond acceptors (Lipinski definition) is 3. The number of rotatable bonds is 2. The molecule has 1 aromatic rings. The molecule has 0 amide bonds. The van der Waals surface area contributed by atoms with E-state index in [1.165, 1.54) is 0 Å². The lowest BCUT2D eigenvalue weighted by Crippen LogP contribution is -2.04. The van der Waals surface area contributed by atoms with Gasteiger partial charge in [0.1, 0.15) is 0 Å². The summed E-state index contributed by atoms with van der Waals surface area (Å²) in [5.41, 5.74) is 0.376. The quantitative estimate of drug-likeness (QED) is 0.608. The van der Waals surface area contributed by atoms with Gasteiger partial charge in [-0.1, -0.05) is 11.6 Å². The first-order valence-electron chi connectivity index (χ1n) is 3.80. The third kappa shape index (κ3) is 2.64. The van der Waals surface area contributed by atoms with Crippen LogP contribution in [0, 0.1) is 0 Å². The van der Waals surface area contributed by atoms with Gasteiger partial charge in [0.2, 0.25) is 0 Å². The van der Waals surface area contributed by atoms with Gasteiger partial charge in [0.05, 0.1) is 17.2 Å². The maximum atomic E-state index is 11.2. The van der Waals surface area contributed by atoms with Gasteiger partial charge in [-0.3, -0.25) is 0 Å². The molecule has 0 aromatic heterocycles. The zero-order chi connectivity index (χ0) is 9.84. The van der Waals surface area contributed by atoms with Crippen molar-refractivity contribution >= 4 is 30.2 Å². The van der Waals surface area contributed by atoms with Crippen LogP contribution in [0.2, 0.25) is 5.02 Å². The van der Waals surface area contributed by atoms with E-state index in [-0.39, 0.29) is 0 Å². The van der Waals surface area contributed by atoms with Gasteiger partial charge in [0.15, 0.2) is 0 Å². The Bertz CT molecular complexity index is 325. The summed E-state index contributed by atoms with van der Waals surface area (Å²) in [6, 6.07) is 4.90. The highest BCUT2D eigenvalue weighted by molar-refractivity contribution is 7.80. The second-order valence-corrected chi connectivity index (χ2v) is 3.31. The molecule has 13 heavy (non-hydrogen) atoms. The summed E-state index contributed by atoms with van der Waals surface area (Å²) in [6.07, 6.45) is 0. The van der Waals surface area contributed by atoms with Gasteiger partial charge in [-0.2, -0.15) is 0 Å². The Balaban J connectivity index is 2.95. The van der Waals surface area contributed by atoms with Crippen LogP contribution in [0.1, 0.15) is 17.3 Å². The van der Waals surface area contributed by atoms with Gasteiger partial charge in [0, 0.05) is 4.90 Å². The molecule has 4 heteroatoms. The van der Waals surface area contributed by atoms with Crippen LogP contribution < -0.4 is 0 Å². The minimum Gasteiger partial charge on any atom is -0.462 e. The molecule has 0 aliphatic rings. The Hall–Kier alpha value is -0.670. The minimum absolute atomic E-state index is 0.345. The van der Waals surface area contributed by atoms with Gasteiger partial charge in [-0.25, -0.2) is 4.79 Å². The van der Waals surface area contributed by atoms with Crippen molar-refractivity contribution in [3.63, 3.8) is 0 Å². The van der Waals surface area contributed by atoms with Gasteiger partial charge in [-0.05, 0) is 25.1 Å². The third-order valence-electron chi connectivity index (χ3n) is 1.45. The van der Waals surface area contributed by atoms with Gasteiger partial charge < -0.3 is 4.74 Å². The summed E-state index contributed by atoms with van der Waals surface area (Å²) in [5.74, 6) is -0.402. The Morgan fingerprint density at radius 2 is 2.31 bits per heavy atom. The van der Waals surface area contributed by atoms with E-state index in [1.807, 2.05) is 0 Å². The van der Waals surface area contributed by atoms with Crippen LogP contribution in [0.25, 0.3) is 0 Å². The van der Waals surface area contributed by atoms with E-state index in [2.05, 4.69) is 12.6 Å². The molecule has 0 atom stereocenters. The molecule has 1 rings (SSSR count). The van der Waals surface area contributed by atoms with Gasteiger partial charge in [0.25, 0.3) is 0 Å². The number of carbonyl (C=O) groups is 1. The summed E-state index contributed by atoms with van der Waals surface area (Å²) >= 11 is 9.90. The number of carbonyl (C=O) groups excluding carboxylic acids is 1. The predicted molar refractivity (Wildman–Crippen MR) is 54.7 cm³/mol. The number of thiol groups is 1.